The third-order valence-electron chi connectivity index (χ3n) is 3.88. The lowest BCUT2D eigenvalue weighted by atomic mass is 10.00. The van der Waals surface area contributed by atoms with Crippen LogP contribution in [0, 0.1) is 5.92 Å². The van der Waals surface area contributed by atoms with E-state index in [1.165, 1.54) is 25.7 Å². The molecule has 3 unspecified atom stereocenters. The first-order valence-corrected chi connectivity index (χ1v) is 6.41. The molecule has 1 heterocycles. The van der Waals surface area contributed by atoms with Gasteiger partial charge in [-0.05, 0) is 12.3 Å². The molecule has 4 nitrogen and oxygen atoms in total. The quantitative estimate of drug-likeness (QED) is 0.633. The van der Waals surface area contributed by atoms with Crippen LogP contribution >= 0.6 is 0 Å². The Hall–Kier alpha value is -0.160. The van der Waals surface area contributed by atoms with Gasteiger partial charge in [-0.2, -0.15) is 0 Å². The molecule has 0 aromatic carbocycles. The van der Waals surface area contributed by atoms with Gasteiger partial charge in [-0.15, -0.1) is 0 Å². The summed E-state index contributed by atoms with van der Waals surface area (Å²) in [4.78, 5) is 1.95. The monoisotopic (exact) mass is 229 g/mol. The van der Waals surface area contributed by atoms with Crippen LogP contribution in [0.2, 0.25) is 0 Å². The molecular formula is C12H23NO3. The topological polar surface area (TPSA) is 63.9 Å². The SMILES string of the molecule is OC(CC1CCCC1)CN1CC(O)C(O)C1. The van der Waals surface area contributed by atoms with Crippen molar-refractivity contribution in [3.63, 3.8) is 0 Å². The first-order valence-electron chi connectivity index (χ1n) is 6.41. The molecule has 94 valence electrons. The van der Waals surface area contributed by atoms with Gasteiger partial charge in [0.2, 0.25) is 0 Å². The average molecular weight is 229 g/mol. The lowest BCUT2D eigenvalue weighted by Gasteiger charge is -2.21. The highest BCUT2D eigenvalue weighted by Crippen LogP contribution is 2.28. The average Bonchev–Trinajstić information content (AvgIpc) is 2.78. The van der Waals surface area contributed by atoms with Gasteiger partial charge in [-0.1, -0.05) is 25.7 Å². The number of β-amino-alcohol motifs (C(OH)–C–C–N with tert-alkyl or cyclic N) is 3. The molecule has 0 spiro atoms. The molecule has 3 atom stereocenters. The normalized spacial score (nSPS) is 34.7. The second kappa shape index (κ2) is 5.45. The Bertz CT molecular complexity index is 208. The number of nitrogens with zero attached hydrogens (tertiary/aromatic N) is 1. The number of aliphatic hydroxyl groups is 3. The molecule has 2 aliphatic rings. The van der Waals surface area contributed by atoms with E-state index >= 15 is 0 Å². The molecule has 16 heavy (non-hydrogen) atoms. The van der Waals surface area contributed by atoms with Crippen LogP contribution in [0.4, 0.5) is 0 Å². The molecule has 2 fully saturated rings. The van der Waals surface area contributed by atoms with Crippen LogP contribution in [0.3, 0.4) is 0 Å². The summed E-state index contributed by atoms with van der Waals surface area (Å²) in [7, 11) is 0. The van der Waals surface area contributed by atoms with Crippen LogP contribution in [0.5, 0.6) is 0 Å². The third kappa shape index (κ3) is 3.17. The standard InChI is InChI=1S/C12H23NO3/c14-10(5-9-3-1-2-4-9)6-13-7-11(15)12(16)8-13/h9-12,14-16H,1-8H2. The number of rotatable bonds is 4. The van der Waals surface area contributed by atoms with E-state index in [0.717, 1.165) is 6.42 Å². The minimum Gasteiger partial charge on any atom is -0.392 e. The van der Waals surface area contributed by atoms with Crippen LogP contribution < -0.4 is 0 Å². The fraction of sp³-hybridized carbons (Fsp3) is 1.00. The Balaban J connectivity index is 1.68. The number of aliphatic hydroxyl groups excluding tert-OH is 3. The van der Waals surface area contributed by atoms with Crippen molar-refractivity contribution in [2.45, 2.75) is 50.4 Å². The summed E-state index contributed by atoms with van der Waals surface area (Å²) in [6, 6.07) is 0. The largest absolute Gasteiger partial charge is 0.392 e. The van der Waals surface area contributed by atoms with Gasteiger partial charge in [0.25, 0.3) is 0 Å². The molecule has 0 aromatic rings. The van der Waals surface area contributed by atoms with Crippen LogP contribution in [0.1, 0.15) is 32.1 Å². The van der Waals surface area contributed by atoms with Gasteiger partial charge in [0.15, 0.2) is 0 Å². The fourth-order valence-electron chi connectivity index (χ4n) is 3.00. The molecule has 1 saturated heterocycles. The highest BCUT2D eigenvalue weighted by molar-refractivity contribution is 4.84. The van der Waals surface area contributed by atoms with Crippen molar-refractivity contribution in [3.8, 4) is 0 Å². The van der Waals surface area contributed by atoms with E-state index in [9.17, 15) is 15.3 Å². The Labute approximate surface area is 96.9 Å². The van der Waals surface area contributed by atoms with Gasteiger partial charge in [0, 0.05) is 19.6 Å². The predicted octanol–water partition coefficient (Wildman–Crippen LogP) is -0.0350. The fourth-order valence-corrected chi connectivity index (χ4v) is 3.00. The second-order valence-electron chi connectivity index (χ2n) is 5.39. The number of hydrogen-bond acceptors (Lipinski definition) is 4. The van der Waals surface area contributed by atoms with Crippen LogP contribution in [-0.2, 0) is 0 Å². The summed E-state index contributed by atoms with van der Waals surface area (Å²) in [5.41, 5.74) is 0. The molecule has 1 aliphatic carbocycles. The van der Waals surface area contributed by atoms with Crippen LogP contribution in [0.25, 0.3) is 0 Å². The van der Waals surface area contributed by atoms with Crippen molar-refractivity contribution in [2.24, 2.45) is 5.92 Å². The first kappa shape index (κ1) is 12.3. The third-order valence-corrected chi connectivity index (χ3v) is 3.88. The van der Waals surface area contributed by atoms with E-state index in [1.54, 1.807) is 0 Å². The van der Waals surface area contributed by atoms with E-state index in [0.29, 0.717) is 25.6 Å². The summed E-state index contributed by atoms with van der Waals surface area (Å²) in [6.45, 7) is 1.57. The van der Waals surface area contributed by atoms with E-state index in [4.69, 9.17) is 0 Å². The lowest BCUT2D eigenvalue weighted by molar-refractivity contribution is 0.0572. The predicted molar refractivity (Wildman–Crippen MR) is 61.0 cm³/mol. The van der Waals surface area contributed by atoms with E-state index < -0.39 is 12.2 Å². The van der Waals surface area contributed by atoms with Gasteiger partial charge in [0.05, 0.1) is 18.3 Å². The minimum absolute atomic E-state index is 0.305. The molecule has 0 bridgehead atoms. The zero-order valence-corrected chi connectivity index (χ0v) is 9.76. The summed E-state index contributed by atoms with van der Waals surface area (Å²) in [6.07, 6.45) is 4.41. The summed E-state index contributed by atoms with van der Waals surface area (Å²) in [5, 5.41) is 28.7. The maximum Gasteiger partial charge on any atom is 0.0938 e. The maximum atomic E-state index is 9.94. The summed E-state index contributed by atoms with van der Waals surface area (Å²) < 4.78 is 0. The zero-order chi connectivity index (χ0) is 11.5. The smallest absolute Gasteiger partial charge is 0.0938 e. The molecule has 1 saturated carbocycles. The van der Waals surface area contributed by atoms with Crippen molar-refractivity contribution in [1.29, 1.82) is 0 Å². The van der Waals surface area contributed by atoms with Gasteiger partial charge in [0.1, 0.15) is 0 Å². The second-order valence-corrected chi connectivity index (χ2v) is 5.39. The highest BCUT2D eigenvalue weighted by Gasteiger charge is 2.31. The van der Waals surface area contributed by atoms with E-state index in [1.807, 2.05) is 4.90 Å². The molecular weight excluding hydrogens is 206 g/mol. The zero-order valence-electron chi connectivity index (χ0n) is 9.76. The minimum atomic E-state index is -0.640. The Morgan fingerprint density at radius 2 is 1.62 bits per heavy atom. The van der Waals surface area contributed by atoms with Crippen molar-refractivity contribution >= 4 is 0 Å². The van der Waals surface area contributed by atoms with Crippen LogP contribution in [0.15, 0.2) is 0 Å². The van der Waals surface area contributed by atoms with E-state index in [-0.39, 0.29) is 6.10 Å². The number of hydrogen-bond donors (Lipinski definition) is 3. The molecule has 4 heteroatoms. The molecule has 1 aliphatic heterocycles. The first-order chi connectivity index (χ1) is 7.65. The molecule has 0 aromatic heterocycles. The molecule has 0 radical (unpaired) electrons. The lowest BCUT2D eigenvalue weighted by Crippen LogP contribution is -2.32. The van der Waals surface area contributed by atoms with Gasteiger partial charge in [-0.3, -0.25) is 4.90 Å². The van der Waals surface area contributed by atoms with Crippen molar-refractivity contribution < 1.29 is 15.3 Å². The Morgan fingerprint density at radius 3 is 2.19 bits per heavy atom. The summed E-state index contributed by atoms with van der Waals surface area (Å²) >= 11 is 0. The highest BCUT2D eigenvalue weighted by atomic mass is 16.3. The van der Waals surface area contributed by atoms with Crippen molar-refractivity contribution in [3.05, 3.63) is 0 Å². The van der Waals surface area contributed by atoms with Crippen molar-refractivity contribution in [1.82, 2.24) is 4.90 Å². The van der Waals surface area contributed by atoms with E-state index in [2.05, 4.69) is 0 Å². The Morgan fingerprint density at radius 1 is 1.06 bits per heavy atom. The molecule has 2 rings (SSSR count). The molecule has 0 amide bonds. The van der Waals surface area contributed by atoms with Gasteiger partial charge >= 0.3 is 0 Å². The Kier molecular flexibility index (Phi) is 4.19. The van der Waals surface area contributed by atoms with Gasteiger partial charge < -0.3 is 15.3 Å². The van der Waals surface area contributed by atoms with Crippen molar-refractivity contribution in [2.75, 3.05) is 19.6 Å². The number of likely N-dealkylation sites (tertiary alicyclic amines) is 1. The molecule has 3 N–H and O–H groups in total. The van der Waals surface area contributed by atoms with Gasteiger partial charge in [-0.25, -0.2) is 0 Å². The summed E-state index contributed by atoms with van der Waals surface area (Å²) in [5.74, 6) is 0.687. The maximum absolute atomic E-state index is 9.94. The van der Waals surface area contributed by atoms with Crippen LogP contribution in [-0.4, -0.2) is 58.2 Å².